The highest BCUT2D eigenvalue weighted by Gasteiger charge is 2.37. The first kappa shape index (κ1) is 28.3. The predicted octanol–water partition coefficient (Wildman–Crippen LogP) is 4.46. The van der Waals surface area contributed by atoms with Crippen LogP contribution in [0.5, 0.6) is 0 Å². The number of likely N-dealkylation sites (tertiary alicyclic amines) is 1. The van der Waals surface area contributed by atoms with Gasteiger partial charge in [0, 0.05) is 49.7 Å². The zero-order chi connectivity index (χ0) is 29.6. The van der Waals surface area contributed by atoms with Gasteiger partial charge in [0.05, 0.1) is 4.92 Å². The highest BCUT2D eigenvalue weighted by Crippen LogP contribution is 2.26. The number of anilines is 1. The van der Waals surface area contributed by atoms with Crippen molar-refractivity contribution in [3.05, 3.63) is 106 Å². The molecular weight excluding hydrogens is 536 g/mol. The number of nitrogens with zero attached hydrogens (tertiary/aromatic N) is 3. The number of amides is 4. The fourth-order valence-corrected chi connectivity index (χ4v) is 5.40. The van der Waals surface area contributed by atoms with Crippen LogP contribution < -0.4 is 10.6 Å². The van der Waals surface area contributed by atoms with Crippen molar-refractivity contribution in [2.45, 2.75) is 37.9 Å². The number of nitro benzene ring substituents is 1. The highest BCUT2D eigenvalue weighted by molar-refractivity contribution is 5.97. The predicted molar refractivity (Wildman–Crippen MR) is 159 cm³/mol. The van der Waals surface area contributed by atoms with Gasteiger partial charge in [0.25, 0.3) is 5.69 Å². The third kappa shape index (κ3) is 6.25. The molecule has 0 unspecified atom stereocenters. The van der Waals surface area contributed by atoms with Gasteiger partial charge in [0.15, 0.2) is 0 Å². The number of nitrogens with one attached hydrogen (secondary N) is 3. The second kappa shape index (κ2) is 12.5. The molecule has 2 atom stereocenters. The van der Waals surface area contributed by atoms with E-state index in [0.717, 1.165) is 22.0 Å². The monoisotopic (exact) mass is 568 g/mol. The van der Waals surface area contributed by atoms with Crippen LogP contribution in [0.2, 0.25) is 0 Å². The SMILES string of the molecule is CN(Cc1ccccc1)C(=O)[C@@H](Cc1c[nH]c2ccccc12)NC(=O)[C@H]1CCCN1C(=O)Nc1ccccc1[N+](=O)[O-]. The van der Waals surface area contributed by atoms with Crippen LogP contribution in [0.25, 0.3) is 10.9 Å². The molecule has 0 bridgehead atoms. The first-order valence-corrected chi connectivity index (χ1v) is 13.8. The molecule has 11 heteroatoms. The molecule has 3 N–H and O–H groups in total. The number of carbonyl (C=O) groups excluding carboxylic acids is 3. The van der Waals surface area contributed by atoms with Crippen LogP contribution >= 0.6 is 0 Å². The second-order valence-electron chi connectivity index (χ2n) is 10.4. The number of hydrogen-bond acceptors (Lipinski definition) is 5. The van der Waals surface area contributed by atoms with E-state index in [1.165, 1.54) is 23.1 Å². The molecule has 2 heterocycles. The number of benzene rings is 3. The molecule has 0 spiro atoms. The lowest BCUT2D eigenvalue weighted by Gasteiger charge is -2.28. The molecule has 5 rings (SSSR count). The van der Waals surface area contributed by atoms with E-state index in [1.807, 2.05) is 60.8 Å². The van der Waals surface area contributed by atoms with Crippen LogP contribution in [0.4, 0.5) is 16.2 Å². The molecule has 0 radical (unpaired) electrons. The molecule has 4 aromatic rings. The molecule has 1 aromatic heterocycles. The first-order chi connectivity index (χ1) is 20.3. The van der Waals surface area contributed by atoms with E-state index in [-0.39, 0.29) is 23.7 Å². The van der Waals surface area contributed by atoms with E-state index in [0.29, 0.717) is 25.9 Å². The smallest absolute Gasteiger partial charge is 0.322 e. The summed E-state index contributed by atoms with van der Waals surface area (Å²) in [5.41, 5.74) is 2.58. The number of nitro groups is 1. The minimum Gasteiger partial charge on any atom is -0.361 e. The van der Waals surface area contributed by atoms with Gasteiger partial charge in [0.1, 0.15) is 17.8 Å². The molecule has 1 aliphatic rings. The Kier molecular flexibility index (Phi) is 8.47. The van der Waals surface area contributed by atoms with Gasteiger partial charge in [-0.25, -0.2) is 4.79 Å². The topological polar surface area (TPSA) is 141 Å². The van der Waals surface area contributed by atoms with Gasteiger partial charge >= 0.3 is 6.03 Å². The molecule has 1 aliphatic heterocycles. The zero-order valence-electron chi connectivity index (χ0n) is 23.2. The third-order valence-corrected chi connectivity index (χ3v) is 7.51. The van der Waals surface area contributed by atoms with Gasteiger partial charge in [-0.2, -0.15) is 0 Å². The Hall–Kier alpha value is -5.19. The fourth-order valence-electron chi connectivity index (χ4n) is 5.40. The van der Waals surface area contributed by atoms with Gasteiger partial charge in [-0.05, 0) is 36.1 Å². The summed E-state index contributed by atoms with van der Waals surface area (Å²) in [6.45, 7) is 0.674. The van der Waals surface area contributed by atoms with Crippen molar-refractivity contribution < 1.29 is 19.3 Å². The number of fused-ring (bicyclic) bond motifs is 1. The number of aromatic nitrogens is 1. The summed E-state index contributed by atoms with van der Waals surface area (Å²) in [4.78, 5) is 57.6. The molecule has 1 fully saturated rings. The van der Waals surface area contributed by atoms with Crippen molar-refractivity contribution >= 4 is 40.1 Å². The average molecular weight is 569 g/mol. The van der Waals surface area contributed by atoms with E-state index in [9.17, 15) is 24.5 Å². The lowest BCUT2D eigenvalue weighted by molar-refractivity contribution is -0.383. The van der Waals surface area contributed by atoms with Crippen molar-refractivity contribution in [1.29, 1.82) is 0 Å². The number of urea groups is 1. The van der Waals surface area contributed by atoms with Gasteiger partial charge in [-0.15, -0.1) is 0 Å². The van der Waals surface area contributed by atoms with Crippen molar-refractivity contribution in [3.63, 3.8) is 0 Å². The third-order valence-electron chi connectivity index (χ3n) is 7.51. The minimum atomic E-state index is -0.883. The Morgan fingerprint density at radius 2 is 1.76 bits per heavy atom. The number of hydrogen-bond donors (Lipinski definition) is 3. The van der Waals surface area contributed by atoms with Crippen molar-refractivity contribution in [2.75, 3.05) is 18.9 Å². The Morgan fingerprint density at radius 3 is 2.55 bits per heavy atom. The summed E-state index contributed by atoms with van der Waals surface area (Å²) in [7, 11) is 1.70. The number of para-hydroxylation sites is 3. The molecule has 3 aromatic carbocycles. The maximum atomic E-state index is 13.8. The van der Waals surface area contributed by atoms with Crippen LogP contribution in [-0.2, 0) is 22.6 Å². The van der Waals surface area contributed by atoms with Crippen LogP contribution in [0.3, 0.4) is 0 Å². The van der Waals surface area contributed by atoms with E-state index < -0.39 is 28.9 Å². The second-order valence-corrected chi connectivity index (χ2v) is 10.4. The molecule has 0 aliphatic carbocycles. The van der Waals surface area contributed by atoms with Gasteiger partial charge in [-0.3, -0.25) is 19.7 Å². The summed E-state index contributed by atoms with van der Waals surface area (Å²) in [6, 6.07) is 20.9. The zero-order valence-corrected chi connectivity index (χ0v) is 23.2. The van der Waals surface area contributed by atoms with E-state index in [4.69, 9.17) is 0 Å². The van der Waals surface area contributed by atoms with Crippen LogP contribution in [0.15, 0.2) is 85.1 Å². The molecule has 11 nitrogen and oxygen atoms in total. The maximum Gasteiger partial charge on any atom is 0.322 e. The van der Waals surface area contributed by atoms with Gasteiger partial charge in [-0.1, -0.05) is 60.7 Å². The van der Waals surface area contributed by atoms with Gasteiger partial charge in [0.2, 0.25) is 11.8 Å². The molecular formula is C31H32N6O5. The van der Waals surface area contributed by atoms with E-state index in [2.05, 4.69) is 15.6 Å². The molecule has 1 saturated heterocycles. The number of carbonyl (C=O) groups is 3. The Balaban J connectivity index is 1.35. The van der Waals surface area contributed by atoms with Crippen molar-refractivity contribution in [3.8, 4) is 0 Å². The molecule has 42 heavy (non-hydrogen) atoms. The summed E-state index contributed by atoms with van der Waals surface area (Å²) >= 11 is 0. The highest BCUT2D eigenvalue weighted by atomic mass is 16.6. The van der Waals surface area contributed by atoms with Crippen LogP contribution in [0.1, 0.15) is 24.0 Å². The average Bonchev–Trinajstić information content (AvgIpc) is 3.65. The van der Waals surface area contributed by atoms with Crippen LogP contribution in [0, 0.1) is 10.1 Å². The minimum absolute atomic E-state index is 0.0495. The largest absolute Gasteiger partial charge is 0.361 e. The lowest BCUT2D eigenvalue weighted by atomic mass is 10.0. The van der Waals surface area contributed by atoms with Crippen molar-refractivity contribution in [2.24, 2.45) is 0 Å². The first-order valence-electron chi connectivity index (χ1n) is 13.8. The van der Waals surface area contributed by atoms with Crippen LogP contribution in [-0.4, -0.2) is 63.2 Å². The normalized spacial score (nSPS) is 15.3. The maximum absolute atomic E-state index is 13.8. The molecule has 4 amide bonds. The summed E-state index contributed by atoms with van der Waals surface area (Å²) in [6.07, 6.45) is 3.08. The summed E-state index contributed by atoms with van der Waals surface area (Å²) in [5, 5.41) is 17.9. The van der Waals surface area contributed by atoms with E-state index >= 15 is 0 Å². The van der Waals surface area contributed by atoms with Crippen molar-refractivity contribution in [1.82, 2.24) is 20.1 Å². The number of H-pyrrole nitrogens is 1. The summed E-state index contributed by atoms with van der Waals surface area (Å²) < 4.78 is 0. The number of rotatable bonds is 9. The number of likely N-dealkylation sites (N-methyl/N-ethyl adjacent to an activating group) is 1. The standard InChI is InChI=1S/C31H32N6O5/c1-35(20-21-10-3-2-4-11-21)30(39)26(18-22-19-32-24-13-6-5-12-23(22)24)33-29(38)28-16-9-17-36(28)31(40)34-25-14-7-8-15-27(25)37(41)42/h2-8,10-15,19,26,28,32H,9,16-18,20H2,1H3,(H,33,38)(H,34,40)/t26-,28-/m1/s1. The van der Waals surface area contributed by atoms with E-state index in [1.54, 1.807) is 18.0 Å². The molecule has 216 valence electrons. The number of aromatic amines is 1. The molecule has 0 saturated carbocycles. The quantitative estimate of drug-likeness (QED) is 0.202. The Bertz CT molecular complexity index is 1600. The summed E-state index contributed by atoms with van der Waals surface area (Å²) in [5.74, 6) is -0.706. The van der Waals surface area contributed by atoms with Gasteiger partial charge < -0.3 is 25.4 Å². The fraction of sp³-hybridized carbons (Fsp3) is 0.258. The Morgan fingerprint density at radius 1 is 1.05 bits per heavy atom. The Labute approximate surface area is 242 Å². The lowest BCUT2D eigenvalue weighted by Crippen LogP contribution is -2.54.